The number of tetrazole rings is 1. The highest BCUT2D eigenvalue weighted by atomic mass is 32.2. The van der Waals surface area contributed by atoms with Crippen LogP contribution in [0.1, 0.15) is 44.1 Å². The zero-order chi connectivity index (χ0) is 24.3. The van der Waals surface area contributed by atoms with E-state index in [-0.39, 0.29) is 11.4 Å². The summed E-state index contributed by atoms with van der Waals surface area (Å²) in [7, 11) is 1.67. The maximum absolute atomic E-state index is 11.2. The van der Waals surface area contributed by atoms with Gasteiger partial charge in [0.2, 0.25) is 5.16 Å². The normalized spacial score (nSPS) is 20.9. The van der Waals surface area contributed by atoms with Gasteiger partial charge in [-0.2, -0.15) is 4.68 Å². The maximum Gasteiger partial charge on any atom is 0.218 e. The lowest BCUT2D eigenvalue weighted by atomic mass is 9.77. The molecule has 2 aromatic carbocycles. The molecule has 1 unspecified atom stereocenters. The molecule has 9 heteroatoms. The van der Waals surface area contributed by atoms with E-state index in [1.54, 1.807) is 36.1 Å². The molecule has 1 fully saturated rings. The smallest absolute Gasteiger partial charge is 0.218 e. The van der Waals surface area contributed by atoms with Gasteiger partial charge in [-0.05, 0) is 95.8 Å². The van der Waals surface area contributed by atoms with Crippen molar-refractivity contribution in [3.8, 4) is 17.2 Å². The monoisotopic (exact) mass is 494 g/mol. The van der Waals surface area contributed by atoms with Crippen molar-refractivity contribution in [2.45, 2.75) is 55.7 Å². The summed E-state index contributed by atoms with van der Waals surface area (Å²) in [6.45, 7) is 0.331. The third-order valence-corrected chi connectivity index (χ3v) is 8.16. The number of methoxy groups -OCH3 is 1. The Kier molecular flexibility index (Phi) is 6.97. The lowest BCUT2D eigenvalue weighted by molar-refractivity contribution is -0.0960. The topological polar surface area (TPSA) is 103 Å². The number of rotatable bonds is 8. The Bertz CT molecular complexity index is 1170. The summed E-state index contributed by atoms with van der Waals surface area (Å²) in [6, 6.07) is 14.8. The van der Waals surface area contributed by atoms with E-state index in [4.69, 9.17) is 9.47 Å². The fourth-order valence-electron chi connectivity index (χ4n) is 5.15. The molecule has 0 radical (unpaired) electrons. The third kappa shape index (κ3) is 5.16. The molecule has 5 rings (SSSR count). The van der Waals surface area contributed by atoms with E-state index >= 15 is 0 Å². The minimum absolute atomic E-state index is 0.176. The first-order valence-corrected chi connectivity index (χ1v) is 12.8. The number of nitrogens with zero attached hydrogens (tertiary/aromatic N) is 4. The molecule has 1 atom stereocenters. The van der Waals surface area contributed by atoms with Gasteiger partial charge < -0.3 is 19.7 Å². The molecule has 0 saturated heterocycles. The van der Waals surface area contributed by atoms with E-state index in [1.807, 2.05) is 12.1 Å². The number of aliphatic hydroxyl groups excluding tert-OH is 1. The number of phenolic OH excluding ortho intramolecular Hbond substituents is 1. The van der Waals surface area contributed by atoms with Gasteiger partial charge in [-0.1, -0.05) is 25.0 Å². The van der Waals surface area contributed by atoms with E-state index in [0.29, 0.717) is 29.9 Å². The molecule has 0 bridgehead atoms. The summed E-state index contributed by atoms with van der Waals surface area (Å²) in [6.07, 6.45) is 6.94. The minimum Gasteiger partial charge on any atom is -0.511 e. The number of aromatic nitrogens is 4. The van der Waals surface area contributed by atoms with E-state index in [9.17, 15) is 10.2 Å². The molecule has 1 aliphatic heterocycles. The van der Waals surface area contributed by atoms with Crippen molar-refractivity contribution in [3.05, 3.63) is 64.8 Å². The summed E-state index contributed by atoms with van der Waals surface area (Å²) in [5.74, 6) is 1.83. The summed E-state index contributed by atoms with van der Waals surface area (Å²) < 4.78 is 13.5. The van der Waals surface area contributed by atoms with Crippen LogP contribution in [0.25, 0.3) is 5.69 Å². The predicted octanol–water partition coefficient (Wildman–Crippen LogP) is 5.22. The molecule has 184 valence electrons. The van der Waals surface area contributed by atoms with Crippen molar-refractivity contribution in [1.82, 2.24) is 20.2 Å². The fraction of sp³-hybridized carbons (Fsp3) is 0.423. The van der Waals surface area contributed by atoms with Crippen LogP contribution < -0.4 is 4.74 Å². The highest BCUT2D eigenvalue weighted by Gasteiger charge is 2.44. The Morgan fingerprint density at radius 2 is 1.83 bits per heavy atom. The van der Waals surface area contributed by atoms with Crippen LogP contribution in [-0.2, 0) is 11.2 Å². The van der Waals surface area contributed by atoms with Gasteiger partial charge in [0, 0.05) is 6.42 Å². The average Bonchev–Trinajstić information content (AvgIpc) is 3.58. The fourth-order valence-corrected chi connectivity index (χ4v) is 5.98. The second-order valence-corrected chi connectivity index (χ2v) is 10.3. The number of phenols is 1. The summed E-state index contributed by atoms with van der Waals surface area (Å²) in [4.78, 5) is 0.734. The number of hydrogen-bond acceptors (Lipinski definition) is 8. The largest absolute Gasteiger partial charge is 0.511 e. The Hall–Kier alpha value is -3.04. The van der Waals surface area contributed by atoms with Crippen LogP contribution in [0.3, 0.4) is 0 Å². The van der Waals surface area contributed by atoms with Crippen LogP contribution in [0, 0.1) is 5.92 Å². The van der Waals surface area contributed by atoms with Crippen molar-refractivity contribution >= 4 is 11.8 Å². The number of thioether (sulfide) groups is 1. The number of aromatic hydroxyl groups is 1. The molecule has 0 spiro atoms. The number of ether oxygens (including phenoxy) is 2. The van der Waals surface area contributed by atoms with Crippen molar-refractivity contribution in [3.63, 3.8) is 0 Å². The van der Waals surface area contributed by atoms with Gasteiger partial charge >= 0.3 is 0 Å². The first-order chi connectivity index (χ1) is 17.1. The molecule has 2 aliphatic rings. The predicted molar refractivity (Wildman–Crippen MR) is 133 cm³/mol. The second kappa shape index (κ2) is 10.3. The third-order valence-electron chi connectivity index (χ3n) is 7.12. The molecule has 3 aromatic rings. The summed E-state index contributed by atoms with van der Waals surface area (Å²) in [5, 5.41) is 33.3. The first kappa shape index (κ1) is 23.7. The van der Waals surface area contributed by atoms with Crippen LogP contribution in [-0.4, -0.2) is 49.7 Å². The molecule has 2 N–H and O–H groups in total. The highest BCUT2D eigenvalue weighted by molar-refractivity contribution is 8.03. The number of benzene rings is 2. The molecular weight excluding hydrogens is 464 g/mol. The average molecular weight is 495 g/mol. The zero-order valence-electron chi connectivity index (χ0n) is 19.8. The van der Waals surface area contributed by atoms with Crippen molar-refractivity contribution in [1.29, 1.82) is 0 Å². The summed E-state index contributed by atoms with van der Waals surface area (Å²) >= 11 is 1.32. The highest BCUT2D eigenvalue weighted by Crippen LogP contribution is 2.47. The minimum atomic E-state index is -0.368. The summed E-state index contributed by atoms with van der Waals surface area (Å²) in [5.41, 5.74) is 1.60. The van der Waals surface area contributed by atoms with E-state index in [0.717, 1.165) is 42.0 Å². The van der Waals surface area contributed by atoms with Gasteiger partial charge in [0.1, 0.15) is 17.3 Å². The standard InChI is InChI=1S/C26H30N4O4S/c1-33-22-12-6-18(7-13-22)14-15-26(19-4-2-3-5-19)16-23(32)24(17-34-26)35-25-27-28-29-30(25)20-8-10-21(31)11-9-20/h6-13,19,31-32H,2-5,14-17H2,1H3. The molecule has 1 saturated carbocycles. The SMILES string of the molecule is COc1ccc(CCC2(C3CCCC3)CC(O)=C(Sc3nnnn3-c3ccc(O)cc3)CO2)cc1. The van der Waals surface area contributed by atoms with Gasteiger partial charge in [-0.15, -0.1) is 5.10 Å². The van der Waals surface area contributed by atoms with Gasteiger partial charge in [0.25, 0.3) is 0 Å². The Morgan fingerprint density at radius 1 is 1.09 bits per heavy atom. The van der Waals surface area contributed by atoms with Gasteiger partial charge in [-0.3, -0.25) is 0 Å². The molecule has 0 amide bonds. The Balaban J connectivity index is 1.34. The van der Waals surface area contributed by atoms with E-state index in [1.165, 1.54) is 30.2 Å². The zero-order valence-corrected chi connectivity index (χ0v) is 20.6. The Labute approximate surface area is 209 Å². The van der Waals surface area contributed by atoms with Crippen molar-refractivity contribution in [2.75, 3.05) is 13.7 Å². The number of hydrogen-bond donors (Lipinski definition) is 2. The first-order valence-electron chi connectivity index (χ1n) is 12.0. The molecule has 1 aliphatic carbocycles. The van der Waals surface area contributed by atoms with Crippen molar-refractivity contribution < 1.29 is 19.7 Å². The lowest BCUT2D eigenvalue weighted by Gasteiger charge is -2.42. The van der Waals surface area contributed by atoms with Crippen molar-refractivity contribution in [2.24, 2.45) is 5.92 Å². The van der Waals surface area contributed by atoms with E-state index in [2.05, 4.69) is 27.7 Å². The van der Waals surface area contributed by atoms with Crippen LogP contribution in [0.5, 0.6) is 11.5 Å². The van der Waals surface area contributed by atoms with Gasteiger partial charge in [0.15, 0.2) is 0 Å². The van der Waals surface area contributed by atoms with Crippen LogP contribution in [0.4, 0.5) is 0 Å². The quantitative estimate of drug-likeness (QED) is 0.439. The number of aryl methyl sites for hydroxylation is 1. The van der Waals surface area contributed by atoms with Crippen LogP contribution in [0.15, 0.2) is 64.4 Å². The number of aliphatic hydroxyl groups is 1. The molecule has 1 aromatic heterocycles. The maximum atomic E-state index is 11.2. The molecule has 8 nitrogen and oxygen atoms in total. The van der Waals surface area contributed by atoms with Gasteiger partial charge in [-0.25, -0.2) is 0 Å². The molecular formula is C26H30N4O4S. The van der Waals surface area contributed by atoms with Crippen LogP contribution in [0.2, 0.25) is 0 Å². The molecule has 2 heterocycles. The molecule has 35 heavy (non-hydrogen) atoms. The van der Waals surface area contributed by atoms with Gasteiger partial charge in [0.05, 0.1) is 29.9 Å². The van der Waals surface area contributed by atoms with Crippen LogP contribution >= 0.6 is 11.8 Å². The Morgan fingerprint density at radius 3 is 2.51 bits per heavy atom. The lowest BCUT2D eigenvalue weighted by Crippen LogP contribution is -2.44. The van der Waals surface area contributed by atoms with E-state index < -0.39 is 0 Å². The second-order valence-electron chi connectivity index (χ2n) is 9.22.